The zero-order chi connectivity index (χ0) is 14.8. The summed E-state index contributed by atoms with van der Waals surface area (Å²) in [5.41, 5.74) is 9.34. The summed E-state index contributed by atoms with van der Waals surface area (Å²) in [7, 11) is 0. The number of rotatable bonds is 3. The molecule has 0 atom stereocenters. The van der Waals surface area contributed by atoms with E-state index in [-0.39, 0.29) is 0 Å². The fraction of sp³-hybridized carbons (Fsp3) is 0.0625. The minimum Gasteiger partial charge on any atom is -0.389 e. The van der Waals surface area contributed by atoms with Gasteiger partial charge in [0.05, 0.1) is 16.8 Å². The summed E-state index contributed by atoms with van der Waals surface area (Å²) in [5, 5.41) is 4.36. The van der Waals surface area contributed by atoms with Crippen molar-refractivity contribution in [3.05, 3.63) is 59.9 Å². The Bertz CT molecular complexity index is 824. The molecule has 0 saturated heterocycles. The monoisotopic (exact) mass is 294 g/mol. The summed E-state index contributed by atoms with van der Waals surface area (Å²) >= 11 is 5.13. The molecule has 104 valence electrons. The fourth-order valence-electron chi connectivity index (χ4n) is 2.30. The first-order chi connectivity index (χ1) is 10.2. The summed E-state index contributed by atoms with van der Waals surface area (Å²) in [6.07, 6.45) is 3.50. The van der Waals surface area contributed by atoms with Gasteiger partial charge in [0.15, 0.2) is 0 Å². The van der Waals surface area contributed by atoms with E-state index in [0.29, 0.717) is 10.8 Å². The smallest absolute Gasteiger partial charge is 0.140 e. The Morgan fingerprint density at radius 2 is 1.90 bits per heavy atom. The Kier molecular flexibility index (Phi) is 3.50. The summed E-state index contributed by atoms with van der Waals surface area (Å²) in [6, 6.07) is 11.8. The molecular formula is C16H14N4S. The van der Waals surface area contributed by atoms with Gasteiger partial charge in [-0.3, -0.25) is 4.98 Å². The predicted octanol–water partition coefficient (Wildman–Crippen LogP) is 3.32. The number of nitrogens with zero attached hydrogens (tertiary/aromatic N) is 2. The number of hydrogen-bond acceptors (Lipinski definition) is 4. The topological polar surface area (TPSA) is 63.8 Å². The van der Waals surface area contributed by atoms with E-state index in [1.54, 1.807) is 12.4 Å². The van der Waals surface area contributed by atoms with Crippen LogP contribution in [0, 0.1) is 6.92 Å². The van der Waals surface area contributed by atoms with Gasteiger partial charge in [-0.25, -0.2) is 4.98 Å². The van der Waals surface area contributed by atoms with E-state index < -0.39 is 0 Å². The normalized spacial score (nSPS) is 10.5. The molecule has 21 heavy (non-hydrogen) atoms. The first-order valence-corrected chi connectivity index (χ1v) is 6.94. The van der Waals surface area contributed by atoms with Crippen LogP contribution in [0.25, 0.3) is 10.9 Å². The molecule has 0 radical (unpaired) electrons. The Labute approximate surface area is 128 Å². The Morgan fingerprint density at radius 3 is 2.71 bits per heavy atom. The summed E-state index contributed by atoms with van der Waals surface area (Å²) < 4.78 is 0. The van der Waals surface area contributed by atoms with Crippen molar-refractivity contribution < 1.29 is 0 Å². The van der Waals surface area contributed by atoms with Gasteiger partial charge in [0.1, 0.15) is 10.8 Å². The maximum Gasteiger partial charge on any atom is 0.140 e. The van der Waals surface area contributed by atoms with Crippen molar-refractivity contribution in [2.24, 2.45) is 5.73 Å². The first-order valence-electron chi connectivity index (χ1n) is 6.53. The van der Waals surface area contributed by atoms with Crippen LogP contribution in [-0.4, -0.2) is 15.0 Å². The van der Waals surface area contributed by atoms with Gasteiger partial charge >= 0.3 is 0 Å². The van der Waals surface area contributed by atoms with Crippen molar-refractivity contribution in [2.75, 3.05) is 5.32 Å². The molecule has 2 heterocycles. The van der Waals surface area contributed by atoms with Crippen molar-refractivity contribution >= 4 is 39.6 Å². The zero-order valence-corrected chi connectivity index (χ0v) is 12.3. The van der Waals surface area contributed by atoms with Gasteiger partial charge < -0.3 is 11.1 Å². The molecule has 5 heteroatoms. The van der Waals surface area contributed by atoms with Gasteiger partial charge in [-0.2, -0.15) is 0 Å². The lowest BCUT2D eigenvalue weighted by Gasteiger charge is -2.13. The van der Waals surface area contributed by atoms with Crippen LogP contribution in [0.4, 0.5) is 11.5 Å². The number of para-hydroxylation sites is 1. The molecule has 3 N–H and O–H groups in total. The largest absolute Gasteiger partial charge is 0.389 e. The SMILES string of the molecule is Cc1ccnc(Nc2cccc3cccnc23)c1C(N)=S. The molecule has 0 saturated carbocycles. The molecule has 3 aromatic rings. The van der Waals surface area contributed by atoms with Crippen molar-refractivity contribution in [3.8, 4) is 0 Å². The van der Waals surface area contributed by atoms with Crippen molar-refractivity contribution in [2.45, 2.75) is 6.92 Å². The predicted molar refractivity (Wildman–Crippen MR) is 89.9 cm³/mol. The molecule has 3 rings (SSSR count). The Balaban J connectivity index is 2.12. The lowest BCUT2D eigenvalue weighted by molar-refractivity contribution is 1.26. The molecule has 2 aromatic heterocycles. The van der Waals surface area contributed by atoms with Crippen LogP contribution in [0.2, 0.25) is 0 Å². The van der Waals surface area contributed by atoms with Crippen LogP contribution >= 0.6 is 12.2 Å². The van der Waals surface area contributed by atoms with E-state index in [1.165, 1.54) is 0 Å². The van der Waals surface area contributed by atoms with E-state index >= 15 is 0 Å². The van der Waals surface area contributed by atoms with Crippen LogP contribution in [0.5, 0.6) is 0 Å². The summed E-state index contributed by atoms with van der Waals surface area (Å²) in [5.74, 6) is 0.653. The second-order valence-electron chi connectivity index (χ2n) is 4.72. The van der Waals surface area contributed by atoms with Gasteiger partial charge in [-0.1, -0.05) is 30.4 Å². The maximum absolute atomic E-state index is 5.82. The third kappa shape index (κ3) is 2.55. The van der Waals surface area contributed by atoms with E-state index in [0.717, 1.165) is 27.7 Å². The van der Waals surface area contributed by atoms with E-state index in [2.05, 4.69) is 15.3 Å². The molecule has 4 nitrogen and oxygen atoms in total. The van der Waals surface area contributed by atoms with Crippen LogP contribution in [0.3, 0.4) is 0 Å². The van der Waals surface area contributed by atoms with Crippen LogP contribution in [0.1, 0.15) is 11.1 Å². The number of nitrogens with one attached hydrogen (secondary N) is 1. The minimum atomic E-state index is 0.330. The number of anilines is 2. The average Bonchev–Trinajstić information content (AvgIpc) is 2.47. The van der Waals surface area contributed by atoms with Gasteiger partial charge in [0.25, 0.3) is 0 Å². The molecule has 0 amide bonds. The number of aryl methyl sites for hydroxylation is 1. The lowest BCUT2D eigenvalue weighted by atomic mass is 10.1. The van der Waals surface area contributed by atoms with Gasteiger partial charge in [0, 0.05) is 17.8 Å². The zero-order valence-electron chi connectivity index (χ0n) is 11.5. The van der Waals surface area contributed by atoms with Crippen LogP contribution in [-0.2, 0) is 0 Å². The maximum atomic E-state index is 5.82. The lowest BCUT2D eigenvalue weighted by Crippen LogP contribution is -2.14. The highest BCUT2D eigenvalue weighted by atomic mass is 32.1. The molecule has 0 spiro atoms. The Morgan fingerprint density at radius 1 is 1.10 bits per heavy atom. The van der Waals surface area contributed by atoms with E-state index in [9.17, 15) is 0 Å². The molecule has 0 aliphatic rings. The van der Waals surface area contributed by atoms with Gasteiger partial charge in [0.2, 0.25) is 0 Å². The second-order valence-corrected chi connectivity index (χ2v) is 5.16. The number of pyridine rings is 2. The number of benzene rings is 1. The quantitative estimate of drug-likeness (QED) is 0.726. The molecule has 0 aliphatic carbocycles. The van der Waals surface area contributed by atoms with E-state index in [4.69, 9.17) is 18.0 Å². The average molecular weight is 294 g/mol. The highest BCUT2D eigenvalue weighted by molar-refractivity contribution is 7.80. The Hall–Kier alpha value is -2.53. The minimum absolute atomic E-state index is 0.330. The number of aromatic nitrogens is 2. The van der Waals surface area contributed by atoms with Gasteiger partial charge in [-0.05, 0) is 30.7 Å². The summed E-state index contributed by atoms with van der Waals surface area (Å²) in [4.78, 5) is 9.11. The van der Waals surface area contributed by atoms with Crippen LogP contribution < -0.4 is 11.1 Å². The van der Waals surface area contributed by atoms with E-state index in [1.807, 2.05) is 43.3 Å². The highest BCUT2D eigenvalue weighted by Crippen LogP contribution is 2.26. The van der Waals surface area contributed by atoms with Gasteiger partial charge in [-0.15, -0.1) is 0 Å². The first kappa shape index (κ1) is 13.5. The highest BCUT2D eigenvalue weighted by Gasteiger charge is 2.11. The number of thiocarbonyl (C=S) groups is 1. The fourth-order valence-corrected chi connectivity index (χ4v) is 2.55. The number of hydrogen-bond donors (Lipinski definition) is 2. The molecular weight excluding hydrogens is 280 g/mol. The van der Waals surface area contributed by atoms with Crippen molar-refractivity contribution in [1.82, 2.24) is 9.97 Å². The second kappa shape index (κ2) is 5.46. The van der Waals surface area contributed by atoms with Crippen LogP contribution in [0.15, 0.2) is 48.8 Å². The van der Waals surface area contributed by atoms with Crippen molar-refractivity contribution in [3.63, 3.8) is 0 Å². The molecule has 0 unspecified atom stereocenters. The summed E-state index contributed by atoms with van der Waals surface area (Å²) in [6.45, 7) is 1.96. The molecule has 0 aliphatic heterocycles. The molecule has 0 fully saturated rings. The number of fused-ring (bicyclic) bond motifs is 1. The third-order valence-electron chi connectivity index (χ3n) is 3.29. The third-order valence-corrected chi connectivity index (χ3v) is 3.50. The standard InChI is InChI=1S/C16H14N4S/c1-10-7-9-19-16(13(10)15(17)21)20-12-6-2-4-11-5-3-8-18-14(11)12/h2-9H,1H3,(H2,17,21)(H,19,20). The molecule has 0 bridgehead atoms. The van der Waals surface area contributed by atoms with Crippen molar-refractivity contribution in [1.29, 1.82) is 0 Å². The number of nitrogens with two attached hydrogens (primary N) is 1. The molecule has 1 aromatic carbocycles.